The summed E-state index contributed by atoms with van der Waals surface area (Å²) in [7, 11) is 0. The molecule has 0 saturated carbocycles. The third-order valence-electron chi connectivity index (χ3n) is 2.61. The van der Waals surface area contributed by atoms with Gasteiger partial charge in [-0.2, -0.15) is 0 Å². The summed E-state index contributed by atoms with van der Waals surface area (Å²) in [6.45, 7) is 13.3. The summed E-state index contributed by atoms with van der Waals surface area (Å²) in [6.07, 6.45) is 0.611. The van der Waals surface area contributed by atoms with Crippen LogP contribution in [0.15, 0.2) is 0 Å². The van der Waals surface area contributed by atoms with E-state index in [2.05, 4.69) is 11.8 Å². The van der Waals surface area contributed by atoms with Crippen LogP contribution in [0.4, 0.5) is 0 Å². The molecule has 2 saturated heterocycles. The Bertz CT molecular complexity index is 166. The molecule has 0 N–H and O–H groups in total. The predicted octanol–water partition coefficient (Wildman–Crippen LogP) is 1.87. The second kappa shape index (κ2) is 4.60. The van der Waals surface area contributed by atoms with Crippen LogP contribution in [0.3, 0.4) is 0 Å². The Labute approximate surface area is 87.4 Å². The molecule has 3 heteroatoms. The van der Waals surface area contributed by atoms with Gasteiger partial charge in [0, 0.05) is 13.1 Å². The Balaban J connectivity index is 0.000000461. The molecule has 0 bridgehead atoms. The summed E-state index contributed by atoms with van der Waals surface area (Å²) in [5, 5.41) is 0. The minimum atomic E-state index is -0.352. The first-order valence-corrected chi connectivity index (χ1v) is 5.69. The lowest BCUT2D eigenvalue weighted by molar-refractivity contribution is -0.155. The lowest BCUT2D eigenvalue weighted by atomic mass is 10.3. The number of hydrogen-bond acceptors (Lipinski definition) is 3. The van der Waals surface area contributed by atoms with Gasteiger partial charge in [-0.1, -0.05) is 20.8 Å². The predicted molar refractivity (Wildman–Crippen MR) is 57.3 cm³/mol. The molecule has 2 rings (SSSR count). The molecule has 0 aromatic rings. The van der Waals surface area contributed by atoms with E-state index >= 15 is 0 Å². The highest BCUT2D eigenvalue weighted by Gasteiger charge is 2.46. The van der Waals surface area contributed by atoms with Gasteiger partial charge in [-0.05, 0) is 20.4 Å². The summed E-state index contributed by atoms with van der Waals surface area (Å²) < 4.78 is 11.5. The summed E-state index contributed by atoms with van der Waals surface area (Å²) >= 11 is 0. The summed E-state index contributed by atoms with van der Waals surface area (Å²) in [4.78, 5) is 2.37. The lowest BCUT2D eigenvalue weighted by Gasteiger charge is -2.21. The lowest BCUT2D eigenvalue weighted by Crippen LogP contribution is -2.29. The number of nitrogens with zero attached hydrogens (tertiary/aromatic N) is 1. The van der Waals surface area contributed by atoms with E-state index in [0.29, 0.717) is 12.2 Å². The molecule has 2 atom stereocenters. The first-order chi connectivity index (χ1) is 6.61. The number of likely N-dealkylation sites (N-methyl/N-ethyl adjacent to an activating group) is 1. The zero-order chi connectivity index (χ0) is 10.8. The summed E-state index contributed by atoms with van der Waals surface area (Å²) in [5.41, 5.74) is 0. The van der Waals surface area contributed by atoms with Crippen molar-refractivity contribution in [1.82, 2.24) is 4.90 Å². The smallest absolute Gasteiger partial charge is 0.163 e. The molecule has 3 nitrogen and oxygen atoms in total. The maximum atomic E-state index is 5.74. The van der Waals surface area contributed by atoms with Gasteiger partial charge in [0.2, 0.25) is 0 Å². The molecule has 2 heterocycles. The van der Waals surface area contributed by atoms with Gasteiger partial charge in [-0.15, -0.1) is 0 Å². The van der Waals surface area contributed by atoms with E-state index in [0.717, 1.165) is 19.6 Å². The van der Waals surface area contributed by atoms with E-state index in [1.54, 1.807) is 0 Å². The first kappa shape index (κ1) is 12.0. The van der Waals surface area contributed by atoms with Crippen molar-refractivity contribution < 1.29 is 9.47 Å². The van der Waals surface area contributed by atoms with Crippen molar-refractivity contribution in [3.63, 3.8) is 0 Å². The van der Waals surface area contributed by atoms with E-state index in [-0.39, 0.29) is 5.79 Å². The van der Waals surface area contributed by atoms with Crippen molar-refractivity contribution in [2.45, 2.75) is 52.6 Å². The fraction of sp³-hybridized carbons (Fsp3) is 1.00. The molecular formula is C11H23NO2. The molecular weight excluding hydrogens is 178 g/mol. The number of hydrogen-bond donors (Lipinski definition) is 0. The van der Waals surface area contributed by atoms with E-state index in [9.17, 15) is 0 Å². The molecule has 2 aliphatic rings. The Morgan fingerprint density at radius 3 is 1.93 bits per heavy atom. The minimum absolute atomic E-state index is 0.306. The van der Waals surface area contributed by atoms with Gasteiger partial charge in [0.1, 0.15) is 12.2 Å². The quantitative estimate of drug-likeness (QED) is 0.646. The number of ether oxygens (including phenoxy) is 2. The highest BCUT2D eigenvalue weighted by atomic mass is 16.8. The maximum Gasteiger partial charge on any atom is 0.163 e. The molecule has 14 heavy (non-hydrogen) atoms. The molecule has 2 unspecified atom stereocenters. The molecule has 0 radical (unpaired) electrons. The van der Waals surface area contributed by atoms with Gasteiger partial charge in [-0.3, -0.25) is 4.90 Å². The van der Waals surface area contributed by atoms with Crippen LogP contribution < -0.4 is 0 Å². The number of fused-ring (bicyclic) bond motifs is 1. The Morgan fingerprint density at radius 1 is 1.14 bits per heavy atom. The van der Waals surface area contributed by atoms with Crippen LogP contribution in [0.5, 0.6) is 0 Å². The second-order valence-corrected chi connectivity index (χ2v) is 4.06. The van der Waals surface area contributed by atoms with Gasteiger partial charge in [0.15, 0.2) is 5.79 Å². The van der Waals surface area contributed by atoms with Crippen molar-refractivity contribution in [2.24, 2.45) is 0 Å². The molecule has 0 amide bonds. The highest BCUT2D eigenvalue weighted by molar-refractivity contribution is 4.91. The van der Waals surface area contributed by atoms with Gasteiger partial charge < -0.3 is 9.47 Å². The van der Waals surface area contributed by atoms with Crippen molar-refractivity contribution in [2.75, 3.05) is 19.6 Å². The van der Waals surface area contributed by atoms with Crippen LogP contribution in [0.2, 0.25) is 0 Å². The maximum absolute atomic E-state index is 5.74. The van der Waals surface area contributed by atoms with Crippen molar-refractivity contribution in [3.8, 4) is 0 Å². The fourth-order valence-electron chi connectivity index (χ4n) is 2.06. The van der Waals surface area contributed by atoms with E-state index in [1.165, 1.54) is 0 Å². The van der Waals surface area contributed by atoms with Crippen LogP contribution in [0.25, 0.3) is 0 Å². The zero-order valence-corrected chi connectivity index (χ0v) is 10.0. The minimum Gasteiger partial charge on any atom is -0.343 e. The standard InChI is InChI=1S/C9H17NO2.C2H6/c1-4-10-5-7-8(6-10)12-9(2,3)11-7;1-2/h7-8H,4-6H2,1-3H3;1-2H3. The zero-order valence-electron chi connectivity index (χ0n) is 10.0. The third-order valence-corrected chi connectivity index (χ3v) is 2.61. The molecule has 0 aromatic carbocycles. The van der Waals surface area contributed by atoms with Gasteiger partial charge in [-0.25, -0.2) is 0 Å². The largest absolute Gasteiger partial charge is 0.343 e. The van der Waals surface area contributed by atoms with Crippen molar-refractivity contribution >= 4 is 0 Å². The van der Waals surface area contributed by atoms with Gasteiger partial charge >= 0.3 is 0 Å². The first-order valence-electron chi connectivity index (χ1n) is 5.69. The number of rotatable bonds is 1. The van der Waals surface area contributed by atoms with Crippen LogP contribution in [-0.4, -0.2) is 42.5 Å². The Hall–Kier alpha value is -0.120. The van der Waals surface area contributed by atoms with E-state index in [4.69, 9.17) is 9.47 Å². The van der Waals surface area contributed by atoms with Gasteiger partial charge in [0.25, 0.3) is 0 Å². The third kappa shape index (κ3) is 2.47. The van der Waals surface area contributed by atoms with E-state index in [1.807, 2.05) is 27.7 Å². The van der Waals surface area contributed by atoms with Crippen LogP contribution in [0, 0.1) is 0 Å². The van der Waals surface area contributed by atoms with Crippen LogP contribution >= 0.6 is 0 Å². The topological polar surface area (TPSA) is 21.7 Å². The molecule has 2 aliphatic heterocycles. The molecule has 0 aliphatic carbocycles. The molecule has 2 fully saturated rings. The molecule has 84 valence electrons. The van der Waals surface area contributed by atoms with Crippen molar-refractivity contribution in [3.05, 3.63) is 0 Å². The Kier molecular flexibility index (Phi) is 3.93. The average Bonchev–Trinajstić information content (AvgIpc) is 2.61. The van der Waals surface area contributed by atoms with Crippen LogP contribution in [0.1, 0.15) is 34.6 Å². The molecule has 0 aromatic heterocycles. The Morgan fingerprint density at radius 2 is 1.57 bits per heavy atom. The summed E-state index contributed by atoms with van der Waals surface area (Å²) in [5.74, 6) is -0.352. The average molecular weight is 201 g/mol. The normalized spacial score (nSPS) is 34.9. The molecule has 0 spiro atoms. The van der Waals surface area contributed by atoms with Gasteiger partial charge in [0.05, 0.1) is 0 Å². The van der Waals surface area contributed by atoms with Crippen molar-refractivity contribution in [1.29, 1.82) is 0 Å². The SMILES string of the molecule is CC.CCN1CC2OC(C)(C)OC2C1. The van der Waals surface area contributed by atoms with Crippen LogP contribution in [-0.2, 0) is 9.47 Å². The highest BCUT2D eigenvalue weighted by Crippen LogP contribution is 2.32. The summed E-state index contributed by atoms with van der Waals surface area (Å²) in [6, 6.07) is 0. The monoisotopic (exact) mass is 201 g/mol. The van der Waals surface area contributed by atoms with E-state index < -0.39 is 0 Å². The fourth-order valence-corrected chi connectivity index (χ4v) is 2.06. The number of likely N-dealkylation sites (tertiary alicyclic amines) is 1. The second-order valence-electron chi connectivity index (χ2n) is 4.06.